The molecule has 0 spiro atoms. The van der Waals surface area contributed by atoms with Crippen LogP contribution in [0, 0.1) is 0 Å². The second kappa shape index (κ2) is 9.48. The molecule has 1 aliphatic heterocycles. The van der Waals surface area contributed by atoms with Gasteiger partial charge in [0.05, 0.1) is 24.2 Å². The first-order valence-electron chi connectivity index (χ1n) is 11.7. The molecule has 0 atom stereocenters. The van der Waals surface area contributed by atoms with Gasteiger partial charge < -0.3 is 23.2 Å². The SMILES string of the molecule is CCOC(=O)Cc1ccccc1OCc1cc(B2OC(C)(C)C(C)(C)O2)c2occ(C(F)(F)F)c2c1. The Balaban J connectivity index is 1.70. The van der Waals surface area contributed by atoms with Gasteiger partial charge in [-0.1, -0.05) is 24.3 Å². The zero-order chi connectivity index (χ0) is 26.3. The molecule has 1 aromatic heterocycles. The van der Waals surface area contributed by atoms with Crippen molar-refractivity contribution in [3.63, 3.8) is 0 Å². The highest BCUT2D eigenvalue weighted by atomic mass is 19.4. The van der Waals surface area contributed by atoms with Crippen molar-refractivity contribution in [3.05, 3.63) is 59.4 Å². The van der Waals surface area contributed by atoms with E-state index in [9.17, 15) is 18.0 Å². The third-order valence-corrected chi connectivity index (χ3v) is 6.58. The van der Waals surface area contributed by atoms with Gasteiger partial charge in [0.2, 0.25) is 0 Å². The van der Waals surface area contributed by atoms with Gasteiger partial charge in [-0.15, -0.1) is 0 Å². The summed E-state index contributed by atoms with van der Waals surface area (Å²) in [6.45, 7) is 9.38. The van der Waals surface area contributed by atoms with Crippen molar-refractivity contribution >= 4 is 29.5 Å². The van der Waals surface area contributed by atoms with E-state index in [2.05, 4.69) is 0 Å². The number of alkyl halides is 3. The lowest BCUT2D eigenvalue weighted by Gasteiger charge is -2.32. The molecular weight excluding hydrogens is 476 g/mol. The molecule has 1 aliphatic rings. The molecule has 1 saturated heterocycles. The van der Waals surface area contributed by atoms with Crippen molar-refractivity contribution in [3.8, 4) is 5.75 Å². The molecule has 2 heterocycles. The van der Waals surface area contributed by atoms with Gasteiger partial charge in [-0.2, -0.15) is 13.2 Å². The summed E-state index contributed by atoms with van der Waals surface area (Å²) in [5.74, 6) is 0.0392. The number of esters is 1. The number of carbonyl (C=O) groups excluding carboxylic acids is 1. The predicted molar refractivity (Wildman–Crippen MR) is 128 cm³/mol. The van der Waals surface area contributed by atoms with Crippen LogP contribution < -0.4 is 10.2 Å². The summed E-state index contributed by atoms with van der Waals surface area (Å²) in [4.78, 5) is 12.0. The minimum Gasteiger partial charge on any atom is -0.489 e. The van der Waals surface area contributed by atoms with Crippen LogP contribution in [-0.4, -0.2) is 30.9 Å². The van der Waals surface area contributed by atoms with Crippen LogP contribution in [0.15, 0.2) is 47.1 Å². The fourth-order valence-electron chi connectivity index (χ4n) is 3.99. The fraction of sp³-hybridized carbons (Fsp3) is 0.423. The highest BCUT2D eigenvalue weighted by Crippen LogP contribution is 2.39. The molecule has 2 aromatic carbocycles. The number of furan rings is 1. The fourth-order valence-corrected chi connectivity index (χ4v) is 3.99. The summed E-state index contributed by atoms with van der Waals surface area (Å²) in [5.41, 5.74) is -0.802. The molecule has 0 bridgehead atoms. The number of halogens is 3. The number of rotatable bonds is 7. The minimum atomic E-state index is -4.61. The molecule has 0 amide bonds. The Kier molecular flexibility index (Phi) is 6.87. The Bertz CT molecular complexity index is 1250. The van der Waals surface area contributed by atoms with Crippen LogP contribution in [0.5, 0.6) is 5.75 Å². The zero-order valence-corrected chi connectivity index (χ0v) is 20.8. The van der Waals surface area contributed by atoms with Crippen LogP contribution in [0.3, 0.4) is 0 Å². The largest absolute Gasteiger partial charge is 0.498 e. The lowest BCUT2D eigenvalue weighted by molar-refractivity contribution is -0.142. The number of fused-ring (bicyclic) bond motifs is 1. The molecule has 36 heavy (non-hydrogen) atoms. The normalized spacial score (nSPS) is 16.9. The van der Waals surface area contributed by atoms with Crippen molar-refractivity contribution in [2.75, 3.05) is 6.61 Å². The monoisotopic (exact) mass is 504 g/mol. The van der Waals surface area contributed by atoms with E-state index in [1.54, 1.807) is 37.3 Å². The molecule has 0 aliphatic carbocycles. The van der Waals surface area contributed by atoms with E-state index < -0.39 is 36.0 Å². The summed E-state index contributed by atoms with van der Waals surface area (Å²) in [5, 5.41) is -0.104. The van der Waals surface area contributed by atoms with E-state index in [1.807, 2.05) is 27.7 Å². The Labute approximate surface area is 207 Å². The summed E-state index contributed by atoms with van der Waals surface area (Å²) in [6, 6.07) is 10.0. The van der Waals surface area contributed by atoms with E-state index >= 15 is 0 Å². The van der Waals surface area contributed by atoms with Crippen LogP contribution in [-0.2, 0) is 38.0 Å². The first kappa shape index (κ1) is 26.1. The molecule has 10 heteroatoms. The molecule has 0 radical (unpaired) electrons. The van der Waals surface area contributed by atoms with E-state index in [0.717, 1.165) is 0 Å². The topological polar surface area (TPSA) is 67.1 Å². The lowest BCUT2D eigenvalue weighted by Crippen LogP contribution is -2.41. The highest BCUT2D eigenvalue weighted by molar-refractivity contribution is 6.64. The maximum absolute atomic E-state index is 13.7. The van der Waals surface area contributed by atoms with Crippen molar-refractivity contribution in [1.82, 2.24) is 0 Å². The van der Waals surface area contributed by atoms with Gasteiger partial charge in [-0.3, -0.25) is 4.79 Å². The standard InChI is InChI=1S/C26H28BF3O6/c1-6-32-22(31)13-17-9-7-8-10-21(17)33-14-16-11-18-19(26(28,29)30)15-34-23(18)20(12-16)27-35-24(2,3)25(4,5)36-27/h7-12,15H,6,13-14H2,1-5H3. The second-order valence-corrected chi connectivity index (χ2v) is 9.68. The van der Waals surface area contributed by atoms with Gasteiger partial charge in [0, 0.05) is 16.4 Å². The third kappa shape index (κ3) is 5.10. The molecule has 3 aromatic rings. The molecule has 0 saturated carbocycles. The number of carbonyl (C=O) groups is 1. The quantitative estimate of drug-likeness (QED) is 0.316. The molecule has 192 valence electrons. The van der Waals surface area contributed by atoms with Gasteiger partial charge in [-0.25, -0.2) is 0 Å². The maximum Gasteiger partial charge on any atom is 0.498 e. The molecule has 6 nitrogen and oxygen atoms in total. The van der Waals surface area contributed by atoms with Gasteiger partial charge in [0.1, 0.15) is 29.8 Å². The maximum atomic E-state index is 13.7. The smallest absolute Gasteiger partial charge is 0.489 e. The lowest BCUT2D eigenvalue weighted by atomic mass is 9.77. The van der Waals surface area contributed by atoms with Crippen LogP contribution in [0.25, 0.3) is 11.0 Å². The Morgan fingerprint density at radius 1 is 1.06 bits per heavy atom. The molecule has 0 unspecified atom stereocenters. The van der Waals surface area contributed by atoms with Crippen LogP contribution in [0.4, 0.5) is 13.2 Å². The van der Waals surface area contributed by atoms with Crippen LogP contribution >= 0.6 is 0 Å². The van der Waals surface area contributed by atoms with Gasteiger partial charge >= 0.3 is 19.3 Å². The third-order valence-electron chi connectivity index (χ3n) is 6.58. The number of hydrogen-bond donors (Lipinski definition) is 0. The zero-order valence-electron chi connectivity index (χ0n) is 20.8. The van der Waals surface area contributed by atoms with E-state index in [-0.39, 0.29) is 30.6 Å². The Hall–Kier alpha value is -2.98. The van der Waals surface area contributed by atoms with Crippen molar-refractivity contribution < 1.29 is 41.2 Å². The van der Waals surface area contributed by atoms with E-state index in [0.29, 0.717) is 28.6 Å². The van der Waals surface area contributed by atoms with E-state index in [1.165, 1.54) is 6.07 Å². The van der Waals surface area contributed by atoms with Gasteiger partial charge in [0.15, 0.2) is 0 Å². The second-order valence-electron chi connectivity index (χ2n) is 9.68. The molecule has 1 fully saturated rings. The molecular formula is C26H28BF3O6. The molecule has 0 N–H and O–H groups in total. The average Bonchev–Trinajstić information content (AvgIpc) is 3.30. The molecule has 4 rings (SSSR count). The van der Waals surface area contributed by atoms with Gasteiger partial charge in [-0.05, 0) is 52.3 Å². The average molecular weight is 504 g/mol. The van der Waals surface area contributed by atoms with Gasteiger partial charge in [0.25, 0.3) is 0 Å². The summed E-state index contributed by atoms with van der Waals surface area (Å²) in [6.07, 6.45) is -3.88. The highest BCUT2D eigenvalue weighted by Gasteiger charge is 2.52. The van der Waals surface area contributed by atoms with Crippen molar-refractivity contribution in [2.24, 2.45) is 0 Å². The Morgan fingerprint density at radius 3 is 2.36 bits per heavy atom. The summed E-state index contributed by atoms with van der Waals surface area (Å²) >= 11 is 0. The van der Waals surface area contributed by atoms with Crippen molar-refractivity contribution in [2.45, 2.75) is 65.0 Å². The van der Waals surface area contributed by atoms with Crippen LogP contribution in [0.2, 0.25) is 0 Å². The predicted octanol–water partition coefficient (Wildman–Crippen LogP) is 5.44. The summed E-state index contributed by atoms with van der Waals surface area (Å²) in [7, 11) is -0.930. The number of benzene rings is 2. The number of hydrogen-bond acceptors (Lipinski definition) is 6. The minimum absolute atomic E-state index is 0.0160. The summed E-state index contributed by atoms with van der Waals surface area (Å²) < 4.78 is 69.7. The van der Waals surface area contributed by atoms with Crippen LogP contribution in [0.1, 0.15) is 51.3 Å². The number of ether oxygens (including phenoxy) is 2. The number of para-hydroxylation sites is 1. The Morgan fingerprint density at radius 2 is 1.72 bits per heavy atom. The van der Waals surface area contributed by atoms with Crippen molar-refractivity contribution in [1.29, 1.82) is 0 Å². The van der Waals surface area contributed by atoms with E-state index in [4.69, 9.17) is 23.2 Å². The first-order valence-corrected chi connectivity index (χ1v) is 11.7. The first-order chi connectivity index (χ1) is 16.8.